The first-order chi connectivity index (χ1) is 14.8. The Kier molecular flexibility index (Phi) is 9.29. The summed E-state index contributed by atoms with van der Waals surface area (Å²) >= 11 is 0. The number of benzene rings is 2. The first-order valence-corrected chi connectivity index (χ1v) is 11.6. The van der Waals surface area contributed by atoms with Crippen LogP contribution in [0.15, 0.2) is 47.4 Å². The van der Waals surface area contributed by atoms with Crippen molar-refractivity contribution in [3.63, 3.8) is 0 Å². The highest BCUT2D eigenvalue weighted by Crippen LogP contribution is 2.37. The van der Waals surface area contributed by atoms with Crippen LogP contribution >= 0.6 is 0 Å². The van der Waals surface area contributed by atoms with Gasteiger partial charge in [0.25, 0.3) is 0 Å². The third-order valence-corrected chi connectivity index (χ3v) is 5.89. The second kappa shape index (κ2) is 11.7. The number of anilines is 1. The Bertz CT molecular complexity index is 963. The summed E-state index contributed by atoms with van der Waals surface area (Å²) in [6.45, 7) is 3.38. The minimum Gasteiger partial charge on any atom is -0.465 e. The number of ether oxygens (including phenoxy) is 2. The van der Waals surface area contributed by atoms with E-state index in [2.05, 4.69) is 17.0 Å². The van der Waals surface area contributed by atoms with Gasteiger partial charge >= 0.3 is 5.97 Å². The molecule has 0 unspecified atom stereocenters. The number of methoxy groups -OCH3 is 1. The van der Waals surface area contributed by atoms with E-state index in [9.17, 15) is 13.2 Å². The summed E-state index contributed by atoms with van der Waals surface area (Å²) in [7, 11) is 0.987. The molecule has 0 heterocycles. The van der Waals surface area contributed by atoms with E-state index in [0.29, 0.717) is 24.5 Å². The van der Waals surface area contributed by atoms with Gasteiger partial charge < -0.3 is 19.7 Å². The molecule has 31 heavy (non-hydrogen) atoms. The third-order valence-electron chi connectivity index (χ3n) is 4.43. The van der Waals surface area contributed by atoms with E-state index in [1.807, 2.05) is 25.1 Å². The van der Waals surface area contributed by atoms with Gasteiger partial charge in [-0.15, -0.1) is 0 Å². The van der Waals surface area contributed by atoms with E-state index in [1.165, 1.54) is 13.2 Å². The number of esters is 1. The summed E-state index contributed by atoms with van der Waals surface area (Å²) in [5, 5.41) is 3.21. The summed E-state index contributed by atoms with van der Waals surface area (Å²) < 4.78 is 39.8. The molecule has 0 aliphatic rings. The van der Waals surface area contributed by atoms with E-state index in [0.717, 1.165) is 12.8 Å². The number of para-hydroxylation sites is 1. The third kappa shape index (κ3) is 7.23. The maximum absolute atomic E-state index is 13.2. The molecular weight excluding hydrogens is 418 g/mol. The van der Waals surface area contributed by atoms with Crippen LogP contribution in [0, 0.1) is 0 Å². The van der Waals surface area contributed by atoms with Crippen LogP contribution in [0.1, 0.15) is 30.1 Å². The van der Waals surface area contributed by atoms with Gasteiger partial charge in [0.15, 0.2) is 5.75 Å². The molecule has 0 aliphatic carbocycles. The number of nitrogens with zero attached hydrogens (tertiary/aromatic N) is 1. The van der Waals surface area contributed by atoms with Crippen molar-refractivity contribution in [2.75, 3.05) is 46.2 Å². The number of hydrogen-bond donors (Lipinski definition) is 2. The molecule has 0 bridgehead atoms. The van der Waals surface area contributed by atoms with Crippen molar-refractivity contribution in [2.45, 2.75) is 24.7 Å². The summed E-state index contributed by atoms with van der Waals surface area (Å²) in [6, 6.07) is 11.7. The lowest BCUT2D eigenvalue weighted by molar-refractivity contribution is 0.0600. The quantitative estimate of drug-likeness (QED) is 0.379. The number of hydrogen-bond acceptors (Lipinski definition) is 7. The average molecular weight is 450 g/mol. The molecule has 0 saturated heterocycles. The monoisotopic (exact) mass is 449 g/mol. The van der Waals surface area contributed by atoms with Gasteiger partial charge in [0, 0.05) is 19.6 Å². The largest absolute Gasteiger partial charge is 0.465 e. The van der Waals surface area contributed by atoms with Gasteiger partial charge in [-0.2, -0.15) is 0 Å². The molecule has 9 heteroatoms. The summed E-state index contributed by atoms with van der Waals surface area (Å²) in [5.74, 6) is -0.0153. The topological polar surface area (TPSA) is 97.0 Å². The molecular formula is C22H31N3O5S. The van der Waals surface area contributed by atoms with E-state index < -0.39 is 16.0 Å². The van der Waals surface area contributed by atoms with Crippen LogP contribution in [0.2, 0.25) is 0 Å². The van der Waals surface area contributed by atoms with Gasteiger partial charge in [-0.3, -0.25) is 0 Å². The lowest BCUT2D eigenvalue weighted by Gasteiger charge is -2.19. The molecule has 0 fully saturated rings. The molecule has 0 atom stereocenters. The van der Waals surface area contributed by atoms with Gasteiger partial charge in [-0.25, -0.2) is 17.9 Å². The fourth-order valence-electron chi connectivity index (χ4n) is 2.76. The molecule has 8 nitrogen and oxygen atoms in total. The summed E-state index contributed by atoms with van der Waals surface area (Å²) in [4.78, 5) is 14.0. The Morgan fingerprint density at radius 2 is 1.81 bits per heavy atom. The highest BCUT2D eigenvalue weighted by molar-refractivity contribution is 7.89. The Balaban J connectivity index is 2.58. The van der Waals surface area contributed by atoms with Crippen molar-refractivity contribution in [3.05, 3.63) is 48.0 Å². The van der Waals surface area contributed by atoms with E-state index >= 15 is 0 Å². The molecule has 0 saturated carbocycles. The lowest BCUT2D eigenvalue weighted by atomic mass is 10.1. The Morgan fingerprint density at radius 3 is 2.42 bits per heavy atom. The highest BCUT2D eigenvalue weighted by atomic mass is 32.2. The molecule has 2 aromatic rings. The number of likely N-dealkylation sites (N-methyl/N-ethyl adjacent to an activating group) is 1. The molecule has 0 amide bonds. The number of sulfonamides is 1. The van der Waals surface area contributed by atoms with Crippen LogP contribution in [-0.2, 0) is 14.8 Å². The molecule has 2 N–H and O–H groups in total. The predicted molar refractivity (Wildman–Crippen MR) is 121 cm³/mol. The van der Waals surface area contributed by atoms with Crippen molar-refractivity contribution in [1.29, 1.82) is 0 Å². The van der Waals surface area contributed by atoms with Crippen molar-refractivity contribution in [2.24, 2.45) is 0 Å². The average Bonchev–Trinajstić information content (AvgIpc) is 2.74. The fourth-order valence-corrected chi connectivity index (χ4v) is 3.96. The second-order valence-electron chi connectivity index (χ2n) is 7.24. The van der Waals surface area contributed by atoms with E-state index in [4.69, 9.17) is 9.47 Å². The van der Waals surface area contributed by atoms with E-state index in [-0.39, 0.29) is 22.8 Å². The number of nitrogens with one attached hydrogen (secondary N) is 2. The van der Waals surface area contributed by atoms with Gasteiger partial charge in [0.1, 0.15) is 10.6 Å². The zero-order valence-electron chi connectivity index (χ0n) is 18.5. The molecule has 0 aromatic heterocycles. The van der Waals surface area contributed by atoms with Gasteiger partial charge in [-0.1, -0.05) is 31.5 Å². The second-order valence-corrected chi connectivity index (χ2v) is 8.97. The standard InChI is InChI=1S/C22H31N3O5S/c1-5-6-12-23-19-15-17(22(26)29-4)16-20(31(27,28)24-13-14-25(2)3)21(19)30-18-10-8-7-9-11-18/h7-11,15-16,23-24H,5-6,12-14H2,1-4H3. The number of unbranched alkanes of at least 4 members (excludes halogenated alkanes) is 1. The Labute approximate surface area is 184 Å². The number of carbonyl (C=O) groups excluding carboxylic acids is 1. The normalized spacial score (nSPS) is 11.4. The van der Waals surface area contributed by atoms with Gasteiger partial charge in [0.05, 0.1) is 18.4 Å². The molecule has 170 valence electrons. The smallest absolute Gasteiger partial charge is 0.337 e. The number of carbonyl (C=O) groups is 1. The molecule has 0 radical (unpaired) electrons. The number of rotatable bonds is 12. The predicted octanol–water partition coefficient (Wildman–Crippen LogP) is 3.32. The zero-order chi connectivity index (χ0) is 22.9. The lowest BCUT2D eigenvalue weighted by Crippen LogP contribution is -2.31. The highest BCUT2D eigenvalue weighted by Gasteiger charge is 2.26. The summed E-state index contributed by atoms with van der Waals surface area (Å²) in [6.07, 6.45) is 1.83. The molecule has 2 aromatic carbocycles. The first-order valence-electron chi connectivity index (χ1n) is 10.2. The molecule has 0 spiro atoms. The van der Waals surface area contributed by atoms with E-state index in [1.54, 1.807) is 30.3 Å². The minimum absolute atomic E-state index is 0.120. The van der Waals surface area contributed by atoms with Crippen LogP contribution in [0.25, 0.3) is 0 Å². The maximum Gasteiger partial charge on any atom is 0.337 e. The zero-order valence-corrected chi connectivity index (χ0v) is 19.3. The van der Waals surface area contributed by atoms with Gasteiger partial charge in [0.2, 0.25) is 10.0 Å². The van der Waals surface area contributed by atoms with Crippen molar-refractivity contribution < 1.29 is 22.7 Å². The summed E-state index contributed by atoms with van der Waals surface area (Å²) in [5.41, 5.74) is 0.531. The molecule has 2 rings (SSSR count). The SMILES string of the molecule is CCCCNc1cc(C(=O)OC)cc(S(=O)(=O)NCCN(C)C)c1Oc1ccccc1. The van der Waals surface area contributed by atoms with Gasteiger partial charge in [-0.05, 0) is 44.8 Å². The first kappa shape index (κ1) is 24.6. The Morgan fingerprint density at radius 1 is 1.10 bits per heavy atom. The fraction of sp³-hybridized carbons (Fsp3) is 0.409. The van der Waals surface area contributed by atoms with Crippen LogP contribution in [0.5, 0.6) is 11.5 Å². The van der Waals surface area contributed by atoms with Crippen molar-refractivity contribution in [3.8, 4) is 11.5 Å². The van der Waals surface area contributed by atoms with Crippen LogP contribution < -0.4 is 14.8 Å². The van der Waals surface area contributed by atoms with Crippen LogP contribution in [-0.4, -0.2) is 60.1 Å². The van der Waals surface area contributed by atoms with Crippen LogP contribution in [0.4, 0.5) is 5.69 Å². The van der Waals surface area contributed by atoms with Crippen molar-refractivity contribution >= 4 is 21.7 Å². The van der Waals surface area contributed by atoms with Crippen LogP contribution in [0.3, 0.4) is 0 Å². The molecule has 0 aliphatic heterocycles. The minimum atomic E-state index is -3.97. The Hall–Kier alpha value is -2.62. The maximum atomic E-state index is 13.2. The van der Waals surface area contributed by atoms with Crippen molar-refractivity contribution in [1.82, 2.24) is 9.62 Å².